The maximum atomic E-state index is 13.9. The van der Waals surface area contributed by atoms with Crippen LogP contribution < -0.4 is 5.32 Å². The van der Waals surface area contributed by atoms with Crippen molar-refractivity contribution in [2.75, 3.05) is 53.0 Å². The Labute approximate surface area is 190 Å². The molecular formula is C22H28F3N5O3. The van der Waals surface area contributed by atoms with E-state index in [9.17, 15) is 22.8 Å². The number of hydrogen-bond acceptors (Lipinski definition) is 5. The van der Waals surface area contributed by atoms with Crippen molar-refractivity contribution in [2.45, 2.75) is 19.5 Å². The fourth-order valence-electron chi connectivity index (χ4n) is 3.64. The van der Waals surface area contributed by atoms with Crippen LogP contribution in [0.1, 0.15) is 28.0 Å². The molecule has 2 heterocycles. The summed E-state index contributed by atoms with van der Waals surface area (Å²) in [5, 5.41) is 6.66. The lowest BCUT2D eigenvalue weighted by molar-refractivity contribution is -0.143. The molecule has 2 amide bonds. The van der Waals surface area contributed by atoms with Crippen LogP contribution in [0.2, 0.25) is 0 Å². The van der Waals surface area contributed by atoms with Crippen LogP contribution in [-0.4, -0.2) is 84.4 Å². The molecule has 0 atom stereocenters. The second-order valence-electron chi connectivity index (χ2n) is 7.92. The van der Waals surface area contributed by atoms with E-state index < -0.39 is 23.3 Å². The Hall–Kier alpha value is -2.92. The summed E-state index contributed by atoms with van der Waals surface area (Å²) >= 11 is 0. The number of piperazine rings is 1. The third-order valence-corrected chi connectivity index (χ3v) is 5.42. The predicted molar refractivity (Wildman–Crippen MR) is 115 cm³/mol. The van der Waals surface area contributed by atoms with E-state index in [2.05, 4.69) is 10.4 Å². The third kappa shape index (κ3) is 6.32. The van der Waals surface area contributed by atoms with Gasteiger partial charge in [-0.1, -0.05) is 17.7 Å². The van der Waals surface area contributed by atoms with Crippen molar-refractivity contribution in [3.05, 3.63) is 47.3 Å². The van der Waals surface area contributed by atoms with Crippen molar-refractivity contribution in [2.24, 2.45) is 0 Å². The molecule has 1 fully saturated rings. The minimum absolute atomic E-state index is 0.135. The molecule has 1 aliphatic rings. The molecule has 11 heteroatoms. The summed E-state index contributed by atoms with van der Waals surface area (Å²) in [4.78, 5) is 28.2. The van der Waals surface area contributed by atoms with E-state index in [1.807, 2.05) is 11.8 Å². The summed E-state index contributed by atoms with van der Waals surface area (Å²) in [7, 11) is 1.59. The molecule has 1 saturated heterocycles. The highest BCUT2D eigenvalue weighted by molar-refractivity contribution is 5.95. The number of carbonyl (C=O) groups is 2. The van der Waals surface area contributed by atoms with E-state index in [0.717, 1.165) is 16.4 Å². The molecule has 180 valence electrons. The van der Waals surface area contributed by atoms with Gasteiger partial charge in [0.25, 0.3) is 5.91 Å². The molecule has 0 radical (unpaired) electrons. The van der Waals surface area contributed by atoms with E-state index in [1.165, 1.54) is 17.0 Å². The average molecular weight is 467 g/mol. The zero-order valence-corrected chi connectivity index (χ0v) is 18.7. The smallest absolute Gasteiger partial charge is 0.385 e. The topological polar surface area (TPSA) is 79.7 Å². The summed E-state index contributed by atoms with van der Waals surface area (Å²) in [6.45, 7) is 4.31. The van der Waals surface area contributed by atoms with Gasteiger partial charge < -0.3 is 15.0 Å². The third-order valence-electron chi connectivity index (χ3n) is 5.42. The van der Waals surface area contributed by atoms with Crippen molar-refractivity contribution >= 4 is 11.8 Å². The number of aryl methyl sites for hydroxylation is 1. The second kappa shape index (κ2) is 10.8. The van der Waals surface area contributed by atoms with E-state index in [0.29, 0.717) is 32.7 Å². The van der Waals surface area contributed by atoms with Gasteiger partial charge in [0.15, 0.2) is 5.69 Å². The molecule has 1 aliphatic heterocycles. The number of alkyl halides is 3. The lowest BCUT2D eigenvalue weighted by Gasteiger charge is -2.34. The SMILES string of the molecule is COCCCNC(=O)CN1CCN(C(=O)c2cnn(-c3ccc(C)cc3)c2C(F)(F)F)CC1. The van der Waals surface area contributed by atoms with Crippen LogP contribution in [0.4, 0.5) is 13.2 Å². The summed E-state index contributed by atoms with van der Waals surface area (Å²) in [6, 6.07) is 6.44. The number of amides is 2. The molecule has 1 N–H and O–H groups in total. The van der Waals surface area contributed by atoms with Gasteiger partial charge in [0, 0.05) is 46.4 Å². The lowest BCUT2D eigenvalue weighted by Crippen LogP contribution is -2.51. The molecule has 2 aromatic rings. The maximum Gasteiger partial charge on any atom is 0.434 e. The van der Waals surface area contributed by atoms with Crippen LogP contribution in [0.3, 0.4) is 0 Å². The van der Waals surface area contributed by atoms with Gasteiger partial charge in [0.1, 0.15) is 0 Å². The first kappa shape index (κ1) is 24.7. The summed E-state index contributed by atoms with van der Waals surface area (Å²) < 4.78 is 47.4. The number of hydrogen-bond donors (Lipinski definition) is 1. The Morgan fingerprint density at radius 1 is 1.12 bits per heavy atom. The van der Waals surface area contributed by atoms with E-state index in [1.54, 1.807) is 19.2 Å². The van der Waals surface area contributed by atoms with Gasteiger partial charge in [-0.25, -0.2) is 4.68 Å². The number of rotatable bonds is 8. The molecule has 0 unspecified atom stereocenters. The van der Waals surface area contributed by atoms with Crippen LogP contribution in [-0.2, 0) is 15.7 Å². The maximum absolute atomic E-state index is 13.9. The molecule has 0 saturated carbocycles. The normalized spacial score (nSPS) is 15.0. The number of aromatic nitrogens is 2. The molecule has 0 bridgehead atoms. The number of halogens is 3. The quantitative estimate of drug-likeness (QED) is 0.602. The zero-order chi connectivity index (χ0) is 24.0. The fraction of sp³-hybridized carbons (Fsp3) is 0.500. The number of nitrogens with one attached hydrogen (secondary N) is 1. The van der Waals surface area contributed by atoms with Gasteiger partial charge in [0.2, 0.25) is 5.91 Å². The van der Waals surface area contributed by atoms with Gasteiger partial charge in [-0.05, 0) is 25.5 Å². The second-order valence-corrected chi connectivity index (χ2v) is 7.92. The van der Waals surface area contributed by atoms with Crippen LogP contribution in [0.15, 0.2) is 30.5 Å². The van der Waals surface area contributed by atoms with Crippen molar-refractivity contribution in [3.63, 3.8) is 0 Å². The Morgan fingerprint density at radius 2 is 1.79 bits per heavy atom. The Balaban J connectivity index is 1.65. The number of nitrogens with zero attached hydrogens (tertiary/aromatic N) is 4. The Bertz CT molecular complexity index is 951. The van der Waals surface area contributed by atoms with E-state index >= 15 is 0 Å². The standard InChI is InChI=1S/C22H28F3N5O3/c1-16-4-6-17(7-5-16)30-20(22(23,24)25)18(14-27-30)21(32)29-11-9-28(10-12-29)15-19(31)26-8-3-13-33-2/h4-7,14H,3,8-13,15H2,1-2H3,(H,26,31). The largest absolute Gasteiger partial charge is 0.434 e. The molecular weight excluding hydrogens is 439 g/mol. The highest BCUT2D eigenvalue weighted by Crippen LogP contribution is 2.34. The van der Waals surface area contributed by atoms with Gasteiger partial charge >= 0.3 is 6.18 Å². The zero-order valence-electron chi connectivity index (χ0n) is 18.7. The van der Waals surface area contributed by atoms with Crippen molar-refractivity contribution in [3.8, 4) is 5.69 Å². The van der Waals surface area contributed by atoms with Crippen molar-refractivity contribution in [1.29, 1.82) is 0 Å². The molecule has 0 aliphatic carbocycles. The average Bonchev–Trinajstić information content (AvgIpc) is 3.23. The van der Waals surface area contributed by atoms with Crippen LogP contribution in [0.25, 0.3) is 5.69 Å². The number of carbonyl (C=O) groups excluding carboxylic acids is 2. The van der Waals surface area contributed by atoms with Crippen LogP contribution >= 0.6 is 0 Å². The first-order valence-corrected chi connectivity index (χ1v) is 10.7. The minimum atomic E-state index is -4.75. The first-order chi connectivity index (χ1) is 15.7. The van der Waals surface area contributed by atoms with Gasteiger partial charge in [-0.3, -0.25) is 14.5 Å². The van der Waals surface area contributed by atoms with Gasteiger partial charge in [-0.2, -0.15) is 18.3 Å². The number of ether oxygens (including phenoxy) is 1. The number of methoxy groups -OCH3 is 1. The highest BCUT2D eigenvalue weighted by Gasteiger charge is 2.41. The Kier molecular flexibility index (Phi) is 8.09. The van der Waals surface area contributed by atoms with Crippen molar-refractivity contribution in [1.82, 2.24) is 24.9 Å². The van der Waals surface area contributed by atoms with E-state index in [-0.39, 0.29) is 31.2 Å². The molecule has 3 rings (SSSR count). The molecule has 0 spiro atoms. The van der Waals surface area contributed by atoms with Crippen molar-refractivity contribution < 1.29 is 27.5 Å². The predicted octanol–water partition coefficient (Wildman–Crippen LogP) is 2.11. The number of benzene rings is 1. The minimum Gasteiger partial charge on any atom is -0.385 e. The van der Waals surface area contributed by atoms with Gasteiger partial charge in [-0.15, -0.1) is 0 Å². The lowest BCUT2D eigenvalue weighted by atomic mass is 10.1. The fourth-order valence-corrected chi connectivity index (χ4v) is 3.64. The molecule has 8 nitrogen and oxygen atoms in total. The van der Waals surface area contributed by atoms with Crippen LogP contribution in [0, 0.1) is 6.92 Å². The van der Waals surface area contributed by atoms with E-state index in [4.69, 9.17) is 4.74 Å². The summed E-state index contributed by atoms with van der Waals surface area (Å²) in [6.07, 6.45) is -3.07. The molecule has 1 aromatic carbocycles. The highest BCUT2D eigenvalue weighted by atomic mass is 19.4. The first-order valence-electron chi connectivity index (χ1n) is 10.7. The van der Waals surface area contributed by atoms with Gasteiger partial charge in [0.05, 0.1) is 24.0 Å². The summed E-state index contributed by atoms with van der Waals surface area (Å²) in [5.74, 6) is -0.853. The van der Waals surface area contributed by atoms with Crippen LogP contribution in [0.5, 0.6) is 0 Å². The Morgan fingerprint density at radius 3 is 2.39 bits per heavy atom. The molecule has 33 heavy (non-hydrogen) atoms. The molecule has 1 aromatic heterocycles. The monoisotopic (exact) mass is 467 g/mol. The summed E-state index contributed by atoms with van der Waals surface area (Å²) in [5.41, 5.74) is -0.438.